The van der Waals surface area contributed by atoms with Gasteiger partial charge in [0.15, 0.2) is 0 Å². The predicted octanol–water partition coefficient (Wildman–Crippen LogP) is -0.409. The SMILES string of the molecule is CCS(=O)(=O)N(C)CCN1CCN(C(=O)[C@@H]2CCCO2)CC1. The van der Waals surface area contributed by atoms with Crippen molar-refractivity contribution in [3.8, 4) is 0 Å². The summed E-state index contributed by atoms with van der Waals surface area (Å²) in [6.07, 6.45) is 1.56. The molecule has 1 amide bonds. The van der Waals surface area contributed by atoms with E-state index in [1.54, 1.807) is 14.0 Å². The van der Waals surface area contributed by atoms with Crippen LogP contribution < -0.4 is 0 Å². The van der Waals surface area contributed by atoms with E-state index < -0.39 is 10.0 Å². The van der Waals surface area contributed by atoms with Gasteiger partial charge in [0.25, 0.3) is 5.91 Å². The predicted molar refractivity (Wildman–Crippen MR) is 84.1 cm³/mol. The Morgan fingerprint density at radius 1 is 1.27 bits per heavy atom. The van der Waals surface area contributed by atoms with E-state index in [0.29, 0.717) is 32.8 Å². The third-order valence-electron chi connectivity index (χ3n) is 4.46. The van der Waals surface area contributed by atoms with E-state index in [9.17, 15) is 13.2 Å². The van der Waals surface area contributed by atoms with Crippen LogP contribution in [0.5, 0.6) is 0 Å². The van der Waals surface area contributed by atoms with Gasteiger partial charge in [0.2, 0.25) is 10.0 Å². The molecule has 7 nitrogen and oxygen atoms in total. The summed E-state index contributed by atoms with van der Waals surface area (Å²) in [6, 6.07) is 0. The molecule has 0 aromatic heterocycles. The summed E-state index contributed by atoms with van der Waals surface area (Å²) in [4.78, 5) is 16.3. The second kappa shape index (κ2) is 7.72. The highest BCUT2D eigenvalue weighted by atomic mass is 32.2. The summed E-state index contributed by atoms with van der Waals surface area (Å²) in [5.41, 5.74) is 0. The number of nitrogens with zero attached hydrogens (tertiary/aromatic N) is 3. The fraction of sp³-hybridized carbons (Fsp3) is 0.929. The van der Waals surface area contributed by atoms with E-state index in [1.807, 2.05) is 4.90 Å². The molecule has 8 heteroatoms. The van der Waals surface area contributed by atoms with E-state index in [0.717, 1.165) is 25.9 Å². The zero-order valence-electron chi connectivity index (χ0n) is 13.5. The van der Waals surface area contributed by atoms with Gasteiger partial charge in [0, 0.05) is 52.9 Å². The van der Waals surface area contributed by atoms with Gasteiger partial charge >= 0.3 is 0 Å². The molecule has 2 rings (SSSR count). The molecule has 0 radical (unpaired) electrons. The maximum absolute atomic E-state index is 12.2. The maximum Gasteiger partial charge on any atom is 0.251 e. The van der Waals surface area contributed by atoms with Crippen molar-refractivity contribution in [2.75, 3.05) is 58.7 Å². The Labute approximate surface area is 133 Å². The first-order chi connectivity index (χ1) is 10.4. The summed E-state index contributed by atoms with van der Waals surface area (Å²) >= 11 is 0. The summed E-state index contributed by atoms with van der Waals surface area (Å²) < 4.78 is 30.3. The monoisotopic (exact) mass is 333 g/mol. The molecule has 2 fully saturated rings. The Bertz CT molecular complexity index is 468. The minimum Gasteiger partial charge on any atom is -0.368 e. The van der Waals surface area contributed by atoms with E-state index in [2.05, 4.69) is 4.90 Å². The summed E-state index contributed by atoms with van der Waals surface area (Å²) in [7, 11) is -1.49. The zero-order valence-corrected chi connectivity index (χ0v) is 14.3. The minimum atomic E-state index is -3.11. The van der Waals surface area contributed by atoms with Gasteiger partial charge in [0.05, 0.1) is 5.75 Å². The number of ether oxygens (including phenoxy) is 1. The Balaban J connectivity index is 1.72. The van der Waals surface area contributed by atoms with Crippen LogP contribution >= 0.6 is 0 Å². The lowest BCUT2D eigenvalue weighted by Gasteiger charge is -2.36. The van der Waals surface area contributed by atoms with Crippen molar-refractivity contribution < 1.29 is 17.9 Å². The molecule has 2 aliphatic heterocycles. The molecule has 0 saturated carbocycles. The highest BCUT2D eigenvalue weighted by molar-refractivity contribution is 7.89. The number of rotatable bonds is 6. The molecule has 0 bridgehead atoms. The zero-order chi connectivity index (χ0) is 16.2. The van der Waals surface area contributed by atoms with Crippen molar-refractivity contribution in [3.63, 3.8) is 0 Å². The number of amides is 1. The van der Waals surface area contributed by atoms with Gasteiger partial charge in [-0.05, 0) is 19.8 Å². The van der Waals surface area contributed by atoms with Crippen molar-refractivity contribution in [3.05, 3.63) is 0 Å². The van der Waals surface area contributed by atoms with Crippen molar-refractivity contribution >= 4 is 15.9 Å². The van der Waals surface area contributed by atoms with E-state index in [1.165, 1.54) is 4.31 Å². The first-order valence-electron chi connectivity index (χ1n) is 8.01. The quantitative estimate of drug-likeness (QED) is 0.661. The van der Waals surface area contributed by atoms with Crippen molar-refractivity contribution in [1.82, 2.24) is 14.1 Å². The lowest BCUT2D eigenvalue weighted by atomic mass is 10.2. The summed E-state index contributed by atoms with van der Waals surface area (Å²) in [5, 5.41) is 0. The molecule has 0 spiro atoms. The lowest BCUT2D eigenvalue weighted by molar-refractivity contribution is -0.142. The van der Waals surface area contributed by atoms with Gasteiger partial charge in [-0.25, -0.2) is 12.7 Å². The minimum absolute atomic E-state index is 0.114. The van der Waals surface area contributed by atoms with Gasteiger partial charge < -0.3 is 9.64 Å². The molecule has 0 aromatic carbocycles. The van der Waals surface area contributed by atoms with Gasteiger partial charge in [-0.2, -0.15) is 0 Å². The first-order valence-corrected chi connectivity index (χ1v) is 9.61. The van der Waals surface area contributed by atoms with Crippen LogP contribution in [0.4, 0.5) is 0 Å². The van der Waals surface area contributed by atoms with Crippen LogP contribution in [-0.2, 0) is 19.6 Å². The third-order valence-corrected chi connectivity index (χ3v) is 6.32. The standard InChI is InChI=1S/C14H27N3O4S/c1-3-22(19,20)15(2)6-7-16-8-10-17(11-9-16)14(18)13-5-4-12-21-13/h13H,3-12H2,1-2H3/t13-/m0/s1. The number of sulfonamides is 1. The number of piperazine rings is 1. The molecule has 0 aromatic rings. The Morgan fingerprint density at radius 2 is 1.95 bits per heavy atom. The summed E-state index contributed by atoms with van der Waals surface area (Å²) in [5.74, 6) is 0.246. The topological polar surface area (TPSA) is 70.2 Å². The molecule has 1 atom stereocenters. The smallest absolute Gasteiger partial charge is 0.251 e. The van der Waals surface area contributed by atoms with Crippen molar-refractivity contribution in [2.45, 2.75) is 25.9 Å². The number of likely N-dealkylation sites (N-methyl/N-ethyl adjacent to an activating group) is 1. The molecule has 0 aliphatic carbocycles. The largest absolute Gasteiger partial charge is 0.368 e. The van der Waals surface area contributed by atoms with Crippen molar-refractivity contribution in [2.24, 2.45) is 0 Å². The molecular weight excluding hydrogens is 306 g/mol. The lowest BCUT2D eigenvalue weighted by Crippen LogP contribution is -2.52. The second-order valence-corrected chi connectivity index (χ2v) is 8.26. The van der Waals surface area contributed by atoms with Crippen LogP contribution in [0.2, 0.25) is 0 Å². The average Bonchev–Trinajstić information content (AvgIpc) is 3.06. The number of hydrogen-bond donors (Lipinski definition) is 0. The maximum atomic E-state index is 12.2. The normalized spacial score (nSPS) is 24.1. The Hall–Kier alpha value is -0.700. The number of carbonyl (C=O) groups is 1. The Kier molecular flexibility index (Phi) is 6.19. The van der Waals surface area contributed by atoms with Crippen molar-refractivity contribution in [1.29, 1.82) is 0 Å². The van der Waals surface area contributed by atoms with Crippen LogP contribution in [0, 0.1) is 0 Å². The molecule has 2 saturated heterocycles. The van der Waals surface area contributed by atoms with Gasteiger partial charge in [-0.15, -0.1) is 0 Å². The molecule has 2 aliphatic rings. The van der Waals surface area contributed by atoms with E-state index in [4.69, 9.17) is 4.74 Å². The van der Waals surface area contributed by atoms with Crippen LogP contribution in [0.15, 0.2) is 0 Å². The fourth-order valence-corrected chi connectivity index (χ4v) is 3.61. The Morgan fingerprint density at radius 3 is 2.50 bits per heavy atom. The van der Waals surface area contributed by atoms with Gasteiger partial charge in [0.1, 0.15) is 6.10 Å². The van der Waals surface area contributed by atoms with Crippen LogP contribution in [-0.4, -0.2) is 93.2 Å². The highest BCUT2D eigenvalue weighted by Crippen LogP contribution is 2.16. The van der Waals surface area contributed by atoms with Gasteiger partial charge in [-0.3, -0.25) is 9.69 Å². The van der Waals surface area contributed by atoms with Gasteiger partial charge in [-0.1, -0.05) is 0 Å². The highest BCUT2D eigenvalue weighted by Gasteiger charge is 2.30. The molecule has 0 unspecified atom stereocenters. The van der Waals surface area contributed by atoms with Crippen LogP contribution in [0.1, 0.15) is 19.8 Å². The number of hydrogen-bond acceptors (Lipinski definition) is 5. The molecular formula is C14H27N3O4S. The average molecular weight is 333 g/mol. The van der Waals surface area contributed by atoms with Crippen LogP contribution in [0.25, 0.3) is 0 Å². The number of carbonyl (C=O) groups excluding carboxylic acids is 1. The molecule has 2 heterocycles. The van der Waals surface area contributed by atoms with E-state index in [-0.39, 0.29) is 17.8 Å². The first kappa shape index (κ1) is 17.7. The fourth-order valence-electron chi connectivity index (χ4n) is 2.81. The van der Waals surface area contributed by atoms with E-state index >= 15 is 0 Å². The molecule has 128 valence electrons. The molecule has 0 N–H and O–H groups in total. The third kappa shape index (κ3) is 4.41. The molecule has 22 heavy (non-hydrogen) atoms. The van der Waals surface area contributed by atoms with Crippen LogP contribution in [0.3, 0.4) is 0 Å². The summed E-state index contributed by atoms with van der Waals surface area (Å²) in [6.45, 7) is 6.52. The second-order valence-electron chi connectivity index (χ2n) is 5.89.